The number of Topliss-reactive ketones (excluding diaryl/α,β-unsaturated/α-hetero) is 1. The fourth-order valence-electron chi connectivity index (χ4n) is 2.92. The Hall–Kier alpha value is -2.59. The predicted octanol–water partition coefficient (Wildman–Crippen LogP) is -1.81. The Balaban J connectivity index is 2.24. The van der Waals surface area contributed by atoms with Crippen molar-refractivity contribution in [2.24, 2.45) is 0 Å². The van der Waals surface area contributed by atoms with Crippen LogP contribution >= 0.6 is 0 Å². The van der Waals surface area contributed by atoms with Crippen LogP contribution in [0.1, 0.15) is 10.4 Å². The van der Waals surface area contributed by atoms with Crippen LogP contribution in [0.3, 0.4) is 0 Å². The number of rotatable bonds is 4. The number of ketones is 1. The lowest BCUT2D eigenvalue weighted by Crippen LogP contribution is -2.56. The molecule has 9 heteroatoms. The lowest BCUT2D eigenvalue weighted by molar-refractivity contribution is -0.117. The molecule has 1 aromatic carbocycles. The normalized spacial score (nSPS) is 28.8. The molecule has 4 N–H and O–H groups in total. The summed E-state index contributed by atoms with van der Waals surface area (Å²) < 4.78 is 6.20. The predicted molar refractivity (Wildman–Crippen MR) is 84.0 cm³/mol. The van der Waals surface area contributed by atoms with Crippen molar-refractivity contribution in [1.29, 1.82) is 0 Å². The second-order valence-electron chi connectivity index (χ2n) is 5.65. The number of aromatic nitrogens is 2. The van der Waals surface area contributed by atoms with E-state index in [1.165, 1.54) is 12.1 Å². The highest BCUT2D eigenvalue weighted by molar-refractivity contribution is 6.01. The number of benzene rings is 1. The molecule has 4 atom stereocenters. The van der Waals surface area contributed by atoms with Crippen LogP contribution in [0.2, 0.25) is 0 Å². The molecule has 3 rings (SSSR count). The van der Waals surface area contributed by atoms with Crippen LogP contribution in [-0.4, -0.2) is 55.6 Å². The summed E-state index contributed by atoms with van der Waals surface area (Å²) in [7, 11) is 0. The third kappa shape index (κ3) is 2.63. The van der Waals surface area contributed by atoms with Gasteiger partial charge in [0.2, 0.25) is 11.5 Å². The lowest BCUT2D eigenvalue weighted by atomic mass is 9.93. The second-order valence-corrected chi connectivity index (χ2v) is 5.65. The zero-order chi connectivity index (χ0) is 18.2. The Morgan fingerprint density at radius 2 is 1.88 bits per heavy atom. The molecular weight excluding hydrogens is 332 g/mol. The summed E-state index contributed by atoms with van der Waals surface area (Å²) in [4.78, 5) is 38.6. The molecule has 1 aliphatic rings. The van der Waals surface area contributed by atoms with Crippen LogP contribution in [0.25, 0.3) is 0 Å². The largest absolute Gasteiger partial charge is 0.394 e. The Labute approximate surface area is 140 Å². The smallest absolute Gasteiger partial charge is 0.331 e. The lowest BCUT2D eigenvalue weighted by Gasteiger charge is -2.32. The van der Waals surface area contributed by atoms with Crippen molar-refractivity contribution in [3.8, 4) is 0 Å². The van der Waals surface area contributed by atoms with Gasteiger partial charge in [-0.1, -0.05) is 30.3 Å². The van der Waals surface area contributed by atoms with Gasteiger partial charge in [0.1, 0.15) is 18.3 Å². The SMILES string of the molecule is O=C(c1ccccc1)[C@@]1(n2ccc(=O)[nH]c2=O)O[C@H](CO)[C@@H](O)[C@H]1O. The Morgan fingerprint density at radius 3 is 2.44 bits per heavy atom. The topological polar surface area (TPSA) is 142 Å². The average molecular weight is 348 g/mol. The van der Waals surface area contributed by atoms with Gasteiger partial charge in [0, 0.05) is 17.8 Å². The van der Waals surface area contributed by atoms with E-state index < -0.39 is 47.7 Å². The number of nitrogens with zero attached hydrogens (tertiary/aromatic N) is 1. The first-order valence-corrected chi connectivity index (χ1v) is 7.49. The standard InChI is InChI=1S/C16H16N2O7/c19-8-10-12(21)14(23)16(25-10,13(22)9-4-2-1-3-5-9)18-7-6-11(20)17-15(18)24/h1-7,10,12,14,19,21,23H,8H2,(H,17,20,24)/t10-,12-,14-,16-/m1/s1. The fraction of sp³-hybridized carbons (Fsp3) is 0.312. The summed E-state index contributed by atoms with van der Waals surface area (Å²) in [5.41, 5.74) is -3.91. The molecule has 0 saturated carbocycles. The molecule has 0 aliphatic carbocycles. The number of aromatic amines is 1. The first-order chi connectivity index (χ1) is 11.9. The quantitative estimate of drug-likeness (QED) is 0.477. The zero-order valence-corrected chi connectivity index (χ0v) is 12.9. The van der Waals surface area contributed by atoms with Gasteiger partial charge in [-0.05, 0) is 0 Å². The summed E-state index contributed by atoms with van der Waals surface area (Å²) in [6.07, 6.45) is -3.75. The molecule has 132 valence electrons. The van der Waals surface area contributed by atoms with Crippen LogP contribution in [0, 0.1) is 0 Å². The van der Waals surface area contributed by atoms with Gasteiger partial charge >= 0.3 is 5.69 Å². The summed E-state index contributed by atoms with van der Waals surface area (Å²) in [6, 6.07) is 8.73. The third-order valence-corrected chi connectivity index (χ3v) is 4.16. The van der Waals surface area contributed by atoms with Crippen LogP contribution in [0.5, 0.6) is 0 Å². The number of hydrogen-bond acceptors (Lipinski definition) is 7. The number of carbonyl (C=O) groups excluding carboxylic acids is 1. The molecule has 1 saturated heterocycles. The van der Waals surface area contributed by atoms with Crippen molar-refractivity contribution in [3.05, 3.63) is 69.0 Å². The fourth-order valence-corrected chi connectivity index (χ4v) is 2.92. The molecule has 2 aromatic rings. The number of aliphatic hydroxyl groups excluding tert-OH is 3. The van der Waals surface area contributed by atoms with Crippen LogP contribution in [-0.2, 0) is 10.5 Å². The van der Waals surface area contributed by atoms with Crippen molar-refractivity contribution in [2.45, 2.75) is 24.0 Å². The first-order valence-electron chi connectivity index (χ1n) is 7.49. The van der Waals surface area contributed by atoms with Crippen molar-refractivity contribution in [1.82, 2.24) is 9.55 Å². The summed E-state index contributed by atoms with van der Waals surface area (Å²) in [5, 5.41) is 30.0. The Morgan fingerprint density at radius 1 is 1.20 bits per heavy atom. The van der Waals surface area contributed by atoms with Gasteiger partial charge in [-0.15, -0.1) is 0 Å². The molecule has 0 amide bonds. The molecule has 0 bridgehead atoms. The number of carbonyl (C=O) groups is 1. The molecule has 2 heterocycles. The number of H-pyrrole nitrogens is 1. The summed E-state index contributed by atoms with van der Waals surface area (Å²) in [5.74, 6) is -0.801. The van der Waals surface area contributed by atoms with Gasteiger partial charge in [-0.25, -0.2) is 4.79 Å². The van der Waals surface area contributed by atoms with Gasteiger partial charge in [0.25, 0.3) is 5.56 Å². The van der Waals surface area contributed by atoms with E-state index in [2.05, 4.69) is 0 Å². The number of nitrogens with one attached hydrogen (secondary N) is 1. The van der Waals surface area contributed by atoms with E-state index in [0.29, 0.717) is 4.57 Å². The van der Waals surface area contributed by atoms with Gasteiger partial charge in [0.05, 0.1) is 6.61 Å². The van der Waals surface area contributed by atoms with Crippen molar-refractivity contribution < 1.29 is 24.9 Å². The van der Waals surface area contributed by atoms with Crippen molar-refractivity contribution in [2.75, 3.05) is 6.61 Å². The molecule has 0 unspecified atom stereocenters. The third-order valence-electron chi connectivity index (χ3n) is 4.16. The summed E-state index contributed by atoms with van der Waals surface area (Å²) >= 11 is 0. The highest BCUT2D eigenvalue weighted by Gasteiger charge is 2.60. The van der Waals surface area contributed by atoms with Crippen LogP contribution in [0.15, 0.2) is 52.2 Å². The van der Waals surface area contributed by atoms with E-state index >= 15 is 0 Å². The van der Waals surface area contributed by atoms with Crippen molar-refractivity contribution >= 4 is 5.78 Å². The monoisotopic (exact) mass is 348 g/mol. The van der Waals surface area contributed by atoms with Gasteiger partial charge in [0.15, 0.2) is 0 Å². The maximum Gasteiger partial charge on any atom is 0.331 e. The Kier molecular flexibility index (Phi) is 4.39. The Bertz CT molecular complexity index is 891. The van der Waals surface area contributed by atoms with E-state index in [4.69, 9.17) is 4.74 Å². The van der Waals surface area contributed by atoms with Crippen molar-refractivity contribution in [3.63, 3.8) is 0 Å². The molecule has 9 nitrogen and oxygen atoms in total. The van der Waals surface area contributed by atoms with Gasteiger partial charge < -0.3 is 20.1 Å². The van der Waals surface area contributed by atoms with Crippen LogP contribution in [0.4, 0.5) is 0 Å². The molecule has 1 aromatic heterocycles. The second kappa shape index (κ2) is 6.37. The van der Waals surface area contributed by atoms with E-state index in [1.54, 1.807) is 18.2 Å². The summed E-state index contributed by atoms with van der Waals surface area (Å²) in [6.45, 7) is -0.680. The minimum atomic E-state index is -2.32. The minimum Gasteiger partial charge on any atom is -0.394 e. The van der Waals surface area contributed by atoms with E-state index in [9.17, 15) is 29.7 Å². The number of aliphatic hydroxyl groups is 3. The van der Waals surface area contributed by atoms with E-state index in [0.717, 1.165) is 12.3 Å². The maximum absolute atomic E-state index is 13.1. The van der Waals surface area contributed by atoms with Gasteiger partial charge in [-0.3, -0.25) is 19.1 Å². The van der Waals surface area contributed by atoms with E-state index in [1.807, 2.05) is 4.98 Å². The molecule has 1 fully saturated rings. The maximum atomic E-state index is 13.1. The zero-order valence-electron chi connectivity index (χ0n) is 12.9. The average Bonchev–Trinajstić information content (AvgIpc) is 2.87. The molecule has 0 spiro atoms. The molecule has 1 aliphatic heterocycles. The van der Waals surface area contributed by atoms with E-state index in [-0.39, 0.29) is 5.56 Å². The van der Waals surface area contributed by atoms with Gasteiger partial charge in [-0.2, -0.15) is 0 Å². The molecular formula is C16H16N2O7. The molecule has 0 radical (unpaired) electrons. The molecule has 25 heavy (non-hydrogen) atoms. The highest BCUT2D eigenvalue weighted by atomic mass is 16.6. The number of ether oxygens (including phenoxy) is 1. The highest BCUT2D eigenvalue weighted by Crippen LogP contribution is 2.37. The first kappa shape index (κ1) is 17.2. The number of hydrogen-bond donors (Lipinski definition) is 4. The van der Waals surface area contributed by atoms with Crippen LogP contribution < -0.4 is 11.2 Å². The minimum absolute atomic E-state index is 0.116.